The predicted octanol–water partition coefficient (Wildman–Crippen LogP) is 7.94. The number of hydrogen-bond acceptors (Lipinski definition) is 2. The maximum absolute atomic E-state index is 6.28. The van der Waals surface area contributed by atoms with Crippen LogP contribution in [0.15, 0.2) is 121 Å². The standard InChI is InChI=1S/C32H20O2/c1-2-12-22(32-25-15-5-9-19-29(25)34-30-20-10-6-16-26(30)32)21(11-1)31-23-13-3-7-17-27(23)33-28-18-8-4-14-24(28)31/h1-20H. The van der Waals surface area contributed by atoms with E-state index in [-0.39, 0.29) is 0 Å². The minimum Gasteiger partial charge on any atom is -0.457 e. The molecule has 34 heavy (non-hydrogen) atoms. The Morgan fingerprint density at radius 1 is 0.265 bits per heavy atom. The van der Waals surface area contributed by atoms with E-state index >= 15 is 0 Å². The van der Waals surface area contributed by atoms with E-state index in [4.69, 9.17) is 9.47 Å². The summed E-state index contributed by atoms with van der Waals surface area (Å²) >= 11 is 0. The summed E-state index contributed by atoms with van der Waals surface area (Å²) in [5.41, 5.74) is 6.75. The van der Waals surface area contributed by atoms with Crippen LogP contribution >= 0.6 is 0 Å². The van der Waals surface area contributed by atoms with Gasteiger partial charge >= 0.3 is 0 Å². The highest BCUT2D eigenvalue weighted by Crippen LogP contribution is 2.51. The fourth-order valence-corrected chi connectivity index (χ4v) is 5.08. The molecule has 2 aliphatic rings. The summed E-state index contributed by atoms with van der Waals surface area (Å²) in [5.74, 6) is 5.88. The van der Waals surface area contributed by atoms with Crippen molar-refractivity contribution in [2.45, 2.75) is 0 Å². The van der Waals surface area contributed by atoms with E-state index in [0.717, 1.165) is 45.3 Å². The number of benzene rings is 5. The van der Waals surface area contributed by atoms with Crippen LogP contribution in [0.2, 0.25) is 0 Å². The van der Waals surface area contributed by atoms with Gasteiger partial charge in [-0.2, -0.15) is 0 Å². The Morgan fingerprint density at radius 2 is 0.500 bits per heavy atom. The Bertz CT molecular complexity index is 1330. The molecule has 0 amide bonds. The molecule has 0 saturated heterocycles. The molecule has 2 heteroatoms. The molecule has 0 atom stereocenters. The second-order valence-electron chi connectivity index (χ2n) is 8.48. The first-order chi connectivity index (χ1) is 16.9. The Balaban J connectivity index is 1.50. The van der Waals surface area contributed by atoms with Crippen LogP contribution in [0.5, 0.6) is 23.0 Å². The number of ether oxygens (including phenoxy) is 2. The van der Waals surface area contributed by atoms with Gasteiger partial charge in [-0.15, -0.1) is 0 Å². The lowest BCUT2D eigenvalue weighted by Crippen LogP contribution is -2.18. The van der Waals surface area contributed by atoms with Gasteiger partial charge < -0.3 is 9.47 Å². The molecular weight excluding hydrogens is 416 g/mol. The van der Waals surface area contributed by atoms with E-state index in [0.29, 0.717) is 0 Å². The fourth-order valence-electron chi connectivity index (χ4n) is 5.08. The van der Waals surface area contributed by atoms with E-state index in [9.17, 15) is 0 Å². The van der Waals surface area contributed by atoms with Gasteiger partial charge in [-0.1, -0.05) is 97.1 Å². The first-order valence-corrected chi connectivity index (χ1v) is 11.5. The average molecular weight is 437 g/mol. The third-order valence-corrected chi connectivity index (χ3v) is 6.53. The quantitative estimate of drug-likeness (QED) is 0.274. The van der Waals surface area contributed by atoms with Crippen molar-refractivity contribution in [3.8, 4) is 23.0 Å². The van der Waals surface area contributed by atoms with E-state index in [1.807, 2.05) is 48.5 Å². The highest BCUT2D eigenvalue weighted by molar-refractivity contribution is 5.76. The second-order valence-corrected chi connectivity index (χ2v) is 8.48. The summed E-state index contributed by atoms with van der Waals surface area (Å²) in [4.78, 5) is 0. The second kappa shape index (κ2) is 7.64. The average Bonchev–Trinajstić information content (AvgIpc) is 2.90. The maximum Gasteiger partial charge on any atom is 0.131 e. The number of rotatable bonds is 2. The topological polar surface area (TPSA) is 18.5 Å². The normalized spacial score (nSPS) is 14.1. The minimum atomic E-state index is 0.879. The van der Waals surface area contributed by atoms with E-state index < -0.39 is 0 Å². The molecule has 7 rings (SSSR count). The van der Waals surface area contributed by atoms with Crippen LogP contribution in [-0.4, -0.2) is 0 Å². The number of fused-ring (bicyclic) bond motifs is 4. The van der Waals surface area contributed by atoms with Gasteiger partial charge in [0.2, 0.25) is 0 Å². The maximum atomic E-state index is 6.28. The van der Waals surface area contributed by atoms with Crippen molar-refractivity contribution < 1.29 is 9.47 Å². The van der Waals surface area contributed by atoms with Crippen LogP contribution in [-0.2, 0) is 0 Å². The molecule has 0 aliphatic carbocycles. The molecule has 2 aliphatic heterocycles. The van der Waals surface area contributed by atoms with Gasteiger partial charge in [0.05, 0.1) is 11.8 Å². The molecule has 2 heterocycles. The Hall–Kier alpha value is -4.30. The van der Waals surface area contributed by atoms with Gasteiger partial charge in [-0.25, -0.2) is 0 Å². The molecule has 0 unspecified atom stereocenters. The Kier molecular flexibility index (Phi) is 4.31. The summed E-state index contributed by atoms with van der Waals surface area (Å²) in [6.45, 7) is 0. The van der Waals surface area contributed by atoms with Gasteiger partial charge in [0.15, 0.2) is 0 Å². The highest BCUT2D eigenvalue weighted by Gasteiger charge is 2.35. The van der Waals surface area contributed by atoms with Crippen molar-refractivity contribution in [1.29, 1.82) is 0 Å². The smallest absolute Gasteiger partial charge is 0.131 e. The Morgan fingerprint density at radius 3 is 0.794 bits per heavy atom. The van der Waals surface area contributed by atoms with Gasteiger partial charge in [-0.3, -0.25) is 0 Å². The molecule has 160 valence electrons. The van der Waals surface area contributed by atoms with Crippen LogP contribution in [0.4, 0.5) is 0 Å². The molecular formula is C32H20O2. The monoisotopic (exact) mass is 436 g/mol. The summed E-state index contributed by atoms with van der Waals surface area (Å²) in [5, 5.41) is 0. The first kappa shape index (κ1) is 19.2. The van der Waals surface area contributed by atoms with Gasteiger partial charge in [-0.05, 0) is 35.4 Å². The van der Waals surface area contributed by atoms with Gasteiger partial charge in [0.1, 0.15) is 23.0 Å². The van der Waals surface area contributed by atoms with Crippen LogP contribution < -0.4 is 9.47 Å². The third kappa shape index (κ3) is 2.89. The summed E-state index contributed by atoms with van der Waals surface area (Å²) in [6, 6.07) is 41.8. The molecule has 0 N–H and O–H groups in total. The van der Waals surface area contributed by atoms with E-state index in [1.54, 1.807) is 0 Å². The van der Waals surface area contributed by atoms with Crippen LogP contribution in [0.25, 0.3) is 0 Å². The summed E-state index contributed by atoms with van der Waals surface area (Å²) < 4.78 is 12.6. The number of hydrogen-bond donors (Lipinski definition) is 0. The predicted molar refractivity (Wildman–Crippen MR) is 133 cm³/mol. The molecule has 2 nitrogen and oxygen atoms in total. The fraction of sp³-hybridized carbons (Fsp3) is 0. The van der Waals surface area contributed by atoms with Crippen LogP contribution in [0, 0.1) is 11.8 Å². The zero-order chi connectivity index (χ0) is 22.5. The molecule has 0 bridgehead atoms. The van der Waals surface area contributed by atoms with E-state index in [2.05, 4.69) is 72.8 Å². The van der Waals surface area contributed by atoms with Crippen molar-refractivity contribution >= 4 is 0 Å². The van der Waals surface area contributed by atoms with Crippen molar-refractivity contribution in [2.24, 2.45) is 0 Å². The lowest BCUT2D eigenvalue weighted by atomic mass is 9.74. The Labute approximate surface area is 199 Å². The summed E-state index contributed by atoms with van der Waals surface area (Å²) in [7, 11) is 0. The van der Waals surface area contributed by atoms with Gasteiger partial charge in [0, 0.05) is 22.3 Å². The lowest BCUT2D eigenvalue weighted by molar-refractivity contribution is 0.464. The molecule has 2 radical (unpaired) electrons. The van der Waals surface area contributed by atoms with Crippen molar-refractivity contribution in [1.82, 2.24) is 0 Å². The largest absolute Gasteiger partial charge is 0.457 e. The lowest BCUT2D eigenvalue weighted by Gasteiger charge is -2.33. The zero-order valence-corrected chi connectivity index (χ0v) is 18.4. The SMILES string of the molecule is c1ccc2c(c1)Oc1ccccc1[C]2c1ccccc1[C]1c2ccccc2Oc2ccccc21. The van der Waals surface area contributed by atoms with Crippen LogP contribution in [0.3, 0.4) is 0 Å². The van der Waals surface area contributed by atoms with Crippen molar-refractivity contribution in [2.75, 3.05) is 0 Å². The minimum absolute atomic E-state index is 0.879. The zero-order valence-electron chi connectivity index (χ0n) is 18.4. The van der Waals surface area contributed by atoms with Gasteiger partial charge in [0.25, 0.3) is 0 Å². The third-order valence-electron chi connectivity index (χ3n) is 6.53. The molecule has 0 spiro atoms. The molecule has 5 aromatic rings. The van der Waals surface area contributed by atoms with Crippen molar-refractivity contribution in [3.05, 3.63) is 167 Å². The molecule has 0 aromatic heterocycles. The highest BCUT2D eigenvalue weighted by atomic mass is 16.5. The summed E-state index contributed by atoms with van der Waals surface area (Å²) in [6.07, 6.45) is 0. The van der Waals surface area contributed by atoms with Crippen molar-refractivity contribution in [3.63, 3.8) is 0 Å². The van der Waals surface area contributed by atoms with E-state index in [1.165, 1.54) is 23.0 Å². The number of para-hydroxylation sites is 4. The molecule has 0 fully saturated rings. The van der Waals surface area contributed by atoms with Crippen LogP contribution in [0.1, 0.15) is 33.4 Å². The molecule has 0 saturated carbocycles. The molecule has 5 aromatic carbocycles. The first-order valence-electron chi connectivity index (χ1n) is 11.5.